The quantitative estimate of drug-likeness (QED) is 0.764. The van der Waals surface area contributed by atoms with Gasteiger partial charge in [0.25, 0.3) is 5.91 Å². The van der Waals surface area contributed by atoms with Gasteiger partial charge in [-0.3, -0.25) is 9.59 Å². The molecule has 0 radical (unpaired) electrons. The smallest absolute Gasteiger partial charge is 0.336 e. The summed E-state index contributed by atoms with van der Waals surface area (Å²) in [5.41, 5.74) is 0.636. The Morgan fingerprint density at radius 2 is 1.33 bits per heavy atom. The number of anilines is 2. The lowest BCUT2D eigenvalue weighted by Crippen LogP contribution is -2.16. The van der Waals surface area contributed by atoms with Crippen molar-refractivity contribution in [3.8, 4) is 0 Å². The van der Waals surface area contributed by atoms with Crippen LogP contribution in [0.3, 0.4) is 0 Å². The van der Waals surface area contributed by atoms with Gasteiger partial charge in [-0.05, 0) is 36.4 Å². The largest absolute Gasteiger partial charge is 0.478 e. The van der Waals surface area contributed by atoms with Crippen molar-refractivity contribution in [2.75, 3.05) is 10.6 Å². The zero-order chi connectivity index (χ0) is 17.9. The summed E-state index contributed by atoms with van der Waals surface area (Å²) in [6, 6.07) is 8.67. The lowest BCUT2D eigenvalue weighted by Gasteiger charge is -2.10. The van der Waals surface area contributed by atoms with E-state index in [1.54, 1.807) is 24.3 Å². The molecule has 0 aliphatic heterocycles. The van der Waals surface area contributed by atoms with E-state index in [1.807, 2.05) is 0 Å². The first-order valence-electron chi connectivity index (χ1n) is 6.69. The Balaban J connectivity index is 2.25. The molecule has 8 heteroatoms. The minimum Gasteiger partial charge on any atom is -0.478 e. The van der Waals surface area contributed by atoms with Gasteiger partial charge < -0.3 is 15.7 Å². The summed E-state index contributed by atoms with van der Waals surface area (Å²) in [4.78, 5) is 34.5. The third-order valence-corrected chi connectivity index (χ3v) is 3.72. The Kier molecular flexibility index (Phi) is 5.43. The maximum atomic E-state index is 12.3. The van der Waals surface area contributed by atoms with Crippen molar-refractivity contribution in [2.45, 2.75) is 6.92 Å². The van der Waals surface area contributed by atoms with Gasteiger partial charge >= 0.3 is 5.97 Å². The van der Waals surface area contributed by atoms with Crippen LogP contribution >= 0.6 is 23.2 Å². The van der Waals surface area contributed by atoms with Crippen LogP contribution in [0.4, 0.5) is 11.4 Å². The molecule has 24 heavy (non-hydrogen) atoms. The average molecular weight is 367 g/mol. The Morgan fingerprint density at radius 3 is 1.79 bits per heavy atom. The Bertz CT molecular complexity index is 820. The van der Waals surface area contributed by atoms with Gasteiger partial charge in [0.05, 0.1) is 21.2 Å². The summed E-state index contributed by atoms with van der Waals surface area (Å²) in [5.74, 6) is -2.15. The lowest BCUT2D eigenvalue weighted by molar-refractivity contribution is -0.114. The van der Waals surface area contributed by atoms with E-state index in [-0.39, 0.29) is 27.1 Å². The van der Waals surface area contributed by atoms with Crippen LogP contribution in [0.5, 0.6) is 0 Å². The second kappa shape index (κ2) is 7.33. The SMILES string of the molecule is CC(=O)Nc1ccc(NC(=O)c2cc(Cl)c(Cl)cc2C(=O)O)cc1. The first-order valence-corrected chi connectivity index (χ1v) is 7.45. The van der Waals surface area contributed by atoms with Gasteiger partial charge in [0.2, 0.25) is 5.91 Å². The van der Waals surface area contributed by atoms with Crippen molar-refractivity contribution >= 4 is 52.4 Å². The molecule has 3 N–H and O–H groups in total. The van der Waals surface area contributed by atoms with E-state index in [1.165, 1.54) is 13.0 Å². The third-order valence-electron chi connectivity index (χ3n) is 3.00. The Morgan fingerprint density at radius 1 is 0.875 bits per heavy atom. The minimum atomic E-state index is -1.29. The number of carboxylic acids is 1. The van der Waals surface area contributed by atoms with Gasteiger partial charge in [-0.15, -0.1) is 0 Å². The number of nitrogens with one attached hydrogen (secondary N) is 2. The van der Waals surface area contributed by atoms with Crippen molar-refractivity contribution in [3.05, 3.63) is 57.6 Å². The number of amides is 2. The summed E-state index contributed by atoms with van der Waals surface area (Å²) < 4.78 is 0. The van der Waals surface area contributed by atoms with Gasteiger partial charge in [0.15, 0.2) is 0 Å². The summed E-state index contributed by atoms with van der Waals surface area (Å²) in [6.45, 7) is 1.38. The zero-order valence-electron chi connectivity index (χ0n) is 12.4. The van der Waals surface area contributed by atoms with E-state index in [4.69, 9.17) is 23.2 Å². The second-order valence-corrected chi connectivity index (χ2v) is 5.64. The highest BCUT2D eigenvalue weighted by Gasteiger charge is 2.19. The first kappa shape index (κ1) is 17.8. The van der Waals surface area contributed by atoms with Gasteiger partial charge in [0.1, 0.15) is 0 Å². The number of carbonyl (C=O) groups excluding carboxylic acids is 2. The summed E-state index contributed by atoms with van der Waals surface area (Å²) >= 11 is 11.7. The van der Waals surface area contributed by atoms with Crippen LogP contribution in [0.1, 0.15) is 27.6 Å². The predicted octanol–water partition coefficient (Wildman–Crippen LogP) is 3.90. The number of aromatic carboxylic acids is 1. The molecule has 0 heterocycles. The molecule has 0 saturated heterocycles. The zero-order valence-corrected chi connectivity index (χ0v) is 13.9. The van der Waals surface area contributed by atoms with Crippen LogP contribution in [0.25, 0.3) is 0 Å². The molecule has 2 amide bonds. The standard InChI is InChI=1S/C16H12Cl2N2O4/c1-8(21)19-9-2-4-10(5-3-9)20-15(22)11-6-13(17)14(18)7-12(11)16(23)24/h2-7H,1H3,(H,19,21)(H,20,22)(H,23,24). The van der Waals surface area contributed by atoms with Crippen LogP contribution < -0.4 is 10.6 Å². The highest BCUT2D eigenvalue weighted by Crippen LogP contribution is 2.27. The summed E-state index contributed by atoms with van der Waals surface area (Å²) in [5, 5.41) is 14.5. The molecular weight excluding hydrogens is 355 g/mol. The van der Waals surface area contributed by atoms with Gasteiger partial charge in [-0.1, -0.05) is 23.2 Å². The van der Waals surface area contributed by atoms with E-state index < -0.39 is 11.9 Å². The number of carboxylic acid groups (broad SMARTS) is 1. The monoisotopic (exact) mass is 366 g/mol. The Labute approximate surface area is 147 Å². The van der Waals surface area contributed by atoms with Crippen LogP contribution in [0, 0.1) is 0 Å². The van der Waals surface area contributed by atoms with Gasteiger partial charge in [0, 0.05) is 18.3 Å². The molecule has 0 atom stereocenters. The maximum Gasteiger partial charge on any atom is 0.336 e. The van der Waals surface area contributed by atoms with Crippen molar-refractivity contribution in [1.82, 2.24) is 0 Å². The number of carbonyl (C=O) groups is 3. The van der Waals surface area contributed by atoms with Crippen molar-refractivity contribution in [2.24, 2.45) is 0 Å². The number of hydrogen-bond acceptors (Lipinski definition) is 3. The van der Waals surface area contributed by atoms with Crippen LogP contribution in [0.2, 0.25) is 10.0 Å². The molecule has 2 aromatic carbocycles. The average Bonchev–Trinajstić information content (AvgIpc) is 2.50. The van der Waals surface area contributed by atoms with E-state index in [0.29, 0.717) is 11.4 Å². The molecule has 124 valence electrons. The predicted molar refractivity (Wildman–Crippen MR) is 92.1 cm³/mol. The topological polar surface area (TPSA) is 95.5 Å². The molecular formula is C16H12Cl2N2O4. The second-order valence-electron chi connectivity index (χ2n) is 4.83. The highest BCUT2D eigenvalue weighted by atomic mass is 35.5. The van der Waals surface area contributed by atoms with Crippen molar-refractivity contribution in [3.63, 3.8) is 0 Å². The number of halogens is 2. The van der Waals surface area contributed by atoms with Gasteiger partial charge in [-0.25, -0.2) is 4.79 Å². The normalized spacial score (nSPS) is 10.1. The van der Waals surface area contributed by atoms with Crippen LogP contribution in [-0.4, -0.2) is 22.9 Å². The molecule has 6 nitrogen and oxygen atoms in total. The van der Waals surface area contributed by atoms with E-state index >= 15 is 0 Å². The Hall–Kier alpha value is -2.57. The molecule has 2 rings (SSSR count). The molecule has 0 bridgehead atoms. The lowest BCUT2D eigenvalue weighted by atomic mass is 10.1. The molecule has 0 fully saturated rings. The fraction of sp³-hybridized carbons (Fsp3) is 0.0625. The van der Waals surface area contributed by atoms with E-state index in [9.17, 15) is 19.5 Å². The molecule has 0 spiro atoms. The third kappa shape index (κ3) is 4.24. The van der Waals surface area contributed by atoms with E-state index in [0.717, 1.165) is 6.07 Å². The van der Waals surface area contributed by atoms with Crippen molar-refractivity contribution in [1.29, 1.82) is 0 Å². The molecule has 2 aromatic rings. The van der Waals surface area contributed by atoms with E-state index in [2.05, 4.69) is 10.6 Å². The minimum absolute atomic E-state index is 0.0466. The molecule has 0 saturated carbocycles. The van der Waals surface area contributed by atoms with Crippen LogP contribution in [-0.2, 0) is 4.79 Å². The molecule has 0 aliphatic rings. The molecule has 0 aliphatic carbocycles. The fourth-order valence-corrected chi connectivity index (χ4v) is 2.28. The van der Waals surface area contributed by atoms with Crippen LogP contribution in [0.15, 0.2) is 36.4 Å². The molecule has 0 unspecified atom stereocenters. The maximum absolute atomic E-state index is 12.3. The number of rotatable bonds is 4. The highest BCUT2D eigenvalue weighted by molar-refractivity contribution is 6.42. The fourth-order valence-electron chi connectivity index (χ4n) is 1.95. The summed E-state index contributed by atoms with van der Waals surface area (Å²) in [7, 11) is 0. The number of hydrogen-bond donors (Lipinski definition) is 3. The first-order chi connectivity index (χ1) is 11.3. The van der Waals surface area contributed by atoms with Crippen molar-refractivity contribution < 1.29 is 19.5 Å². The van der Waals surface area contributed by atoms with Gasteiger partial charge in [-0.2, -0.15) is 0 Å². The summed E-state index contributed by atoms with van der Waals surface area (Å²) in [6.07, 6.45) is 0. The number of benzene rings is 2. The molecule has 0 aromatic heterocycles.